The van der Waals surface area contributed by atoms with Gasteiger partial charge in [0.25, 0.3) is 0 Å². The van der Waals surface area contributed by atoms with Gasteiger partial charge in [0.1, 0.15) is 5.60 Å². The summed E-state index contributed by atoms with van der Waals surface area (Å²) in [4.78, 5) is 25.0. The average Bonchev–Trinajstić information content (AvgIpc) is 2.45. The van der Waals surface area contributed by atoms with Crippen LogP contribution in [0.1, 0.15) is 44.7 Å². The summed E-state index contributed by atoms with van der Waals surface area (Å²) in [5.41, 5.74) is 5.62. The third kappa shape index (κ3) is 4.00. The summed E-state index contributed by atoms with van der Waals surface area (Å²) in [5, 5.41) is 0. The molecule has 1 aliphatic heterocycles. The lowest BCUT2D eigenvalue weighted by Gasteiger charge is -2.41. The number of ether oxygens (including phenoxy) is 1. The molecule has 6 heteroatoms. The van der Waals surface area contributed by atoms with Crippen LogP contribution in [0.15, 0.2) is 28.7 Å². The Bertz CT molecular complexity index is 561. The molecule has 1 aromatic carbocycles. The number of rotatable bonds is 5. The normalized spacial score (nSPS) is 23.0. The number of hydrogen-bond donors (Lipinski definition) is 1. The first-order valence-corrected chi connectivity index (χ1v) is 8.13. The molecular weight excluding hydrogens is 348 g/mol. The highest BCUT2D eigenvalue weighted by atomic mass is 79.9. The van der Waals surface area contributed by atoms with Crippen LogP contribution in [0.2, 0.25) is 0 Å². The molecule has 0 radical (unpaired) electrons. The number of amides is 2. The Morgan fingerprint density at radius 2 is 2.09 bits per heavy atom. The summed E-state index contributed by atoms with van der Waals surface area (Å²) < 4.78 is 6.58. The van der Waals surface area contributed by atoms with Crippen molar-refractivity contribution in [2.75, 3.05) is 6.54 Å². The van der Waals surface area contributed by atoms with Crippen LogP contribution < -0.4 is 5.73 Å². The van der Waals surface area contributed by atoms with Crippen LogP contribution in [-0.4, -0.2) is 29.0 Å². The van der Waals surface area contributed by atoms with Crippen molar-refractivity contribution in [2.45, 2.75) is 44.8 Å². The highest BCUT2D eigenvalue weighted by molar-refractivity contribution is 9.10. The van der Waals surface area contributed by atoms with Gasteiger partial charge >= 0.3 is 6.09 Å². The van der Waals surface area contributed by atoms with E-state index < -0.39 is 5.60 Å². The number of cyclic esters (lactones) is 1. The SMILES string of the molecule is C[C@@H](c1ccc(Br)cc1)N1CC[C@@](C)(CCC(N)=O)OC1=O. The summed E-state index contributed by atoms with van der Waals surface area (Å²) in [6, 6.07) is 7.84. The van der Waals surface area contributed by atoms with Crippen LogP contribution in [-0.2, 0) is 9.53 Å². The van der Waals surface area contributed by atoms with E-state index in [9.17, 15) is 9.59 Å². The minimum atomic E-state index is -0.609. The summed E-state index contributed by atoms with van der Waals surface area (Å²) in [6.45, 7) is 4.44. The molecule has 0 bridgehead atoms. The highest BCUT2D eigenvalue weighted by Gasteiger charge is 2.38. The van der Waals surface area contributed by atoms with E-state index in [4.69, 9.17) is 10.5 Å². The number of hydrogen-bond acceptors (Lipinski definition) is 3. The number of nitrogens with zero attached hydrogens (tertiary/aromatic N) is 1. The van der Waals surface area contributed by atoms with Crippen molar-refractivity contribution in [3.8, 4) is 0 Å². The van der Waals surface area contributed by atoms with Crippen molar-refractivity contribution in [3.05, 3.63) is 34.3 Å². The van der Waals surface area contributed by atoms with Gasteiger partial charge in [-0.15, -0.1) is 0 Å². The molecule has 5 nitrogen and oxygen atoms in total. The van der Waals surface area contributed by atoms with Crippen LogP contribution in [0.4, 0.5) is 4.79 Å². The van der Waals surface area contributed by atoms with Crippen molar-refractivity contribution >= 4 is 27.9 Å². The van der Waals surface area contributed by atoms with E-state index in [1.165, 1.54) is 0 Å². The van der Waals surface area contributed by atoms with Crippen molar-refractivity contribution in [1.82, 2.24) is 4.90 Å². The van der Waals surface area contributed by atoms with Crippen LogP contribution in [0.3, 0.4) is 0 Å². The number of halogens is 1. The van der Waals surface area contributed by atoms with Crippen molar-refractivity contribution in [3.63, 3.8) is 0 Å². The summed E-state index contributed by atoms with van der Waals surface area (Å²) >= 11 is 3.40. The maximum atomic E-state index is 12.3. The Hall–Kier alpha value is -1.56. The molecule has 120 valence electrons. The zero-order valence-corrected chi connectivity index (χ0v) is 14.4. The first-order chi connectivity index (χ1) is 10.3. The topological polar surface area (TPSA) is 72.6 Å². The summed E-state index contributed by atoms with van der Waals surface area (Å²) in [5.74, 6) is -0.372. The molecule has 2 atom stereocenters. The largest absolute Gasteiger partial charge is 0.443 e. The van der Waals surface area contributed by atoms with E-state index in [2.05, 4.69) is 15.9 Å². The number of primary amides is 1. The predicted octanol–water partition coefficient (Wildman–Crippen LogP) is 3.38. The van der Waals surface area contributed by atoms with Crippen molar-refractivity contribution in [2.24, 2.45) is 5.73 Å². The lowest BCUT2D eigenvalue weighted by atomic mass is 9.93. The Morgan fingerprint density at radius 1 is 1.45 bits per heavy atom. The number of carbonyl (C=O) groups is 2. The van der Waals surface area contributed by atoms with Gasteiger partial charge in [0.2, 0.25) is 5.91 Å². The third-order valence-electron chi connectivity index (χ3n) is 4.17. The first kappa shape index (κ1) is 16.8. The molecule has 1 fully saturated rings. The molecule has 0 aromatic heterocycles. The van der Waals surface area contributed by atoms with E-state index in [-0.39, 0.29) is 24.5 Å². The quantitative estimate of drug-likeness (QED) is 0.865. The van der Waals surface area contributed by atoms with E-state index in [0.717, 1.165) is 10.0 Å². The third-order valence-corrected chi connectivity index (χ3v) is 4.70. The molecule has 1 aliphatic rings. The fourth-order valence-electron chi connectivity index (χ4n) is 2.61. The number of carbonyl (C=O) groups excluding carboxylic acids is 2. The molecular formula is C16H21BrN2O3. The van der Waals surface area contributed by atoms with Gasteiger partial charge in [0, 0.05) is 23.9 Å². The highest BCUT2D eigenvalue weighted by Crippen LogP contribution is 2.32. The molecule has 0 unspecified atom stereocenters. The van der Waals surface area contributed by atoms with Gasteiger partial charge in [-0.1, -0.05) is 28.1 Å². The Balaban J connectivity index is 2.02. The van der Waals surface area contributed by atoms with Crippen LogP contribution in [0, 0.1) is 0 Å². The number of benzene rings is 1. The fourth-order valence-corrected chi connectivity index (χ4v) is 2.87. The Labute approximate surface area is 138 Å². The molecule has 0 saturated carbocycles. The first-order valence-electron chi connectivity index (χ1n) is 7.34. The molecule has 2 amide bonds. The van der Waals surface area contributed by atoms with Gasteiger partial charge in [0.15, 0.2) is 0 Å². The molecule has 2 N–H and O–H groups in total. The van der Waals surface area contributed by atoms with Gasteiger partial charge in [-0.25, -0.2) is 4.79 Å². The average molecular weight is 369 g/mol. The van der Waals surface area contributed by atoms with Gasteiger partial charge in [-0.3, -0.25) is 4.79 Å². The standard InChI is InChI=1S/C16H21BrN2O3/c1-11(12-3-5-13(17)6-4-12)19-10-9-16(2,22-15(19)21)8-7-14(18)20/h3-6,11H,7-10H2,1-2H3,(H2,18,20)/t11-,16+/m0/s1. The maximum absolute atomic E-state index is 12.3. The maximum Gasteiger partial charge on any atom is 0.410 e. The number of nitrogens with two attached hydrogens (primary N) is 1. The van der Waals surface area contributed by atoms with Gasteiger partial charge in [0.05, 0.1) is 6.04 Å². The zero-order valence-electron chi connectivity index (χ0n) is 12.8. The van der Waals surface area contributed by atoms with Crippen LogP contribution >= 0.6 is 15.9 Å². The molecule has 0 aliphatic carbocycles. The molecule has 1 heterocycles. The monoisotopic (exact) mass is 368 g/mol. The van der Waals surface area contributed by atoms with Gasteiger partial charge in [-0.2, -0.15) is 0 Å². The molecule has 2 rings (SSSR count). The van der Waals surface area contributed by atoms with E-state index >= 15 is 0 Å². The second-order valence-corrected chi connectivity index (χ2v) is 6.87. The lowest BCUT2D eigenvalue weighted by Crippen LogP contribution is -2.49. The Kier molecular flexibility index (Phi) is 5.11. The van der Waals surface area contributed by atoms with Crippen LogP contribution in [0.25, 0.3) is 0 Å². The van der Waals surface area contributed by atoms with Crippen LogP contribution in [0.5, 0.6) is 0 Å². The van der Waals surface area contributed by atoms with Gasteiger partial charge < -0.3 is 15.4 Å². The van der Waals surface area contributed by atoms with E-state index in [0.29, 0.717) is 19.4 Å². The molecule has 0 spiro atoms. The minimum absolute atomic E-state index is 0.0544. The predicted molar refractivity (Wildman–Crippen MR) is 87.2 cm³/mol. The second-order valence-electron chi connectivity index (χ2n) is 5.96. The second kappa shape index (κ2) is 6.69. The van der Waals surface area contributed by atoms with Gasteiger partial charge in [-0.05, 0) is 38.0 Å². The van der Waals surface area contributed by atoms with E-state index in [1.807, 2.05) is 38.1 Å². The Morgan fingerprint density at radius 3 is 2.64 bits per heavy atom. The van der Waals surface area contributed by atoms with Crippen molar-refractivity contribution in [1.29, 1.82) is 0 Å². The summed E-state index contributed by atoms with van der Waals surface area (Å²) in [7, 11) is 0. The minimum Gasteiger partial charge on any atom is -0.443 e. The molecule has 1 aromatic rings. The molecule has 1 saturated heterocycles. The fraction of sp³-hybridized carbons (Fsp3) is 0.500. The summed E-state index contributed by atoms with van der Waals surface area (Å²) in [6.07, 6.45) is 1.04. The smallest absolute Gasteiger partial charge is 0.410 e. The lowest BCUT2D eigenvalue weighted by molar-refractivity contribution is -0.120. The van der Waals surface area contributed by atoms with Crippen molar-refractivity contribution < 1.29 is 14.3 Å². The zero-order chi connectivity index (χ0) is 16.3. The van der Waals surface area contributed by atoms with E-state index in [1.54, 1.807) is 4.90 Å². The molecule has 22 heavy (non-hydrogen) atoms.